The highest BCUT2D eigenvalue weighted by Crippen LogP contribution is 2.31. The predicted octanol–water partition coefficient (Wildman–Crippen LogP) is 4.25. The molecule has 2 N–H and O–H groups in total. The molecule has 0 saturated carbocycles. The molecule has 0 radical (unpaired) electrons. The summed E-state index contributed by atoms with van der Waals surface area (Å²) in [5.74, 6) is -0.268. The highest BCUT2D eigenvalue weighted by Gasteiger charge is 2.35. The van der Waals surface area contributed by atoms with E-state index in [4.69, 9.17) is 9.47 Å². The molecule has 8 nitrogen and oxygen atoms in total. The number of ether oxygens (including phenoxy) is 2. The quantitative estimate of drug-likeness (QED) is 0.425. The van der Waals surface area contributed by atoms with E-state index in [1.165, 1.54) is 12.0 Å². The number of nitrogens with one attached hydrogen (secondary N) is 2. The van der Waals surface area contributed by atoms with Crippen molar-refractivity contribution in [3.8, 4) is 0 Å². The molecular weight excluding hydrogens is 422 g/mol. The number of rotatable bonds is 9. The van der Waals surface area contributed by atoms with Crippen LogP contribution < -0.4 is 10.6 Å². The van der Waals surface area contributed by atoms with Crippen LogP contribution in [0.5, 0.6) is 0 Å². The molecule has 1 aliphatic rings. The molecule has 0 bridgehead atoms. The third kappa shape index (κ3) is 7.60. The Morgan fingerprint density at radius 2 is 1.82 bits per heavy atom. The van der Waals surface area contributed by atoms with Crippen molar-refractivity contribution in [2.75, 3.05) is 32.7 Å². The maximum Gasteiger partial charge on any atom is 0.338 e. The fourth-order valence-corrected chi connectivity index (χ4v) is 4.05. The highest BCUT2D eigenvalue weighted by molar-refractivity contribution is 5.95. The lowest BCUT2D eigenvalue weighted by molar-refractivity contribution is -0.141. The number of benzene rings is 1. The monoisotopic (exact) mass is 459 g/mol. The number of carbonyl (C=O) groups is 3. The van der Waals surface area contributed by atoms with Gasteiger partial charge in [0.1, 0.15) is 6.61 Å². The first kappa shape index (κ1) is 26.4. The lowest BCUT2D eigenvalue weighted by Crippen LogP contribution is -2.46. The maximum atomic E-state index is 12.8. The number of nitrogens with zero attached hydrogens (tertiary/aromatic N) is 1. The van der Waals surface area contributed by atoms with Crippen LogP contribution in [0, 0.1) is 11.3 Å². The van der Waals surface area contributed by atoms with Crippen LogP contribution in [0.2, 0.25) is 0 Å². The lowest BCUT2D eigenvalue weighted by atomic mass is 9.84. The summed E-state index contributed by atoms with van der Waals surface area (Å²) < 4.78 is 10.3. The smallest absolute Gasteiger partial charge is 0.338 e. The number of allylic oxidation sites excluding steroid dienone is 1. The van der Waals surface area contributed by atoms with Crippen LogP contribution in [0.1, 0.15) is 59.1 Å². The molecule has 2 atom stereocenters. The van der Waals surface area contributed by atoms with E-state index >= 15 is 0 Å². The minimum absolute atomic E-state index is 0.0368. The summed E-state index contributed by atoms with van der Waals surface area (Å²) in [6.07, 6.45) is 1.41. The molecule has 1 aromatic carbocycles. The molecule has 0 spiro atoms. The fourth-order valence-electron chi connectivity index (χ4n) is 4.05. The van der Waals surface area contributed by atoms with Gasteiger partial charge in [0.05, 0.1) is 18.2 Å². The number of anilines is 1. The Balaban J connectivity index is 2.14. The number of urea groups is 1. The standard InChI is InChI=1S/C25H37N3O5/c1-16(15-25(3,4)5)14-20(29)26-19-10-8-18(9-11-19)22-21(23(30)33-13-12-32-7)17(2)28(6)24(31)27-22/h8-11,16,22H,12-15H2,1-7H3,(H,26,29)(H,27,31). The van der Waals surface area contributed by atoms with Crippen LogP contribution in [-0.2, 0) is 19.1 Å². The van der Waals surface area contributed by atoms with E-state index in [2.05, 4.69) is 38.3 Å². The number of methoxy groups -OCH3 is 1. The minimum Gasteiger partial charge on any atom is -0.460 e. The van der Waals surface area contributed by atoms with Crippen LogP contribution >= 0.6 is 0 Å². The summed E-state index contributed by atoms with van der Waals surface area (Å²) in [7, 11) is 3.13. The molecule has 1 aromatic rings. The first-order valence-electron chi connectivity index (χ1n) is 11.2. The van der Waals surface area contributed by atoms with Gasteiger partial charge in [-0.1, -0.05) is 39.8 Å². The average molecular weight is 460 g/mol. The van der Waals surface area contributed by atoms with Gasteiger partial charge >= 0.3 is 12.0 Å². The van der Waals surface area contributed by atoms with Crippen molar-refractivity contribution in [2.45, 2.75) is 53.5 Å². The highest BCUT2D eigenvalue weighted by atomic mass is 16.6. The number of esters is 1. The van der Waals surface area contributed by atoms with Crippen LogP contribution in [0.15, 0.2) is 35.5 Å². The van der Waals surface area contributed by atoms with Crippen LogP contribution in [-0.4, -0.2) is 50.2 Å². The lowest BCUT2D eigenvalue weighted by Gasteiger charge is -2.33. The molecular formula is C25H37N3O5. The minimum atomic E-state index is -0.652. The van der Waals surface area contributed by atoms with Crippen LogP contribution in [0.3, 0.4) is 0 Å². The Morgan fingerprint density at radius 1 is 1.18 bits per heavy atom. The van der Waals surface area contributed by atoms with Crippen LogP contribution in [0.25, 0.3) is 0 Å². The van der Waals surface area contributed by atoms with E-state index in [-0.39, 0.29) is 36.5 Å². The molecule has 1 heterocycles. The molecule has 1 aliphatic heterocycles. The third-order valence-electron chi connectivity index (χ3n) is 5.52. The Bertz CT molecular complexity index is 886. The SMILES string of the molecule is COCCOC(=O)C1=C(C)N(C)C(=O)NC1c1ccc(NC(=O)CC(C)CC(C)(C)C)cc1. The summed E-state index contributed by atoms with van der Waals surface area (Å²) in [6.45, 7) is 10.7. The van der Waals surface area contributed by atoms with Gasteiger partial charge in [0.2, 0.25) is 5.91 Å². The maximum absolute atomic E-state index is 12.8. The zero-order valence-electron chi connectivity index (χ0n) is 20.8. The third-order valence-corrected chi connectivity index (χ3v) is 5.52. The Hall–Kier alpha value is -2.87. The van der Waals surface area contributed by atoms with Gasteiger partial charge in [0, 0.05) is 32.0 Å². The summed E-state index contributed by atoms with van der Waals surface area (Å²) in [5.41, 5.74) is 2.44. The van der Waals surface area contributed by atoms with Gasteiger partial charge in [-0.15, -0.1) is 0 Å². The van der Waals surface area contributed by atoms with E-state index in [9.17, 15) is 14.4 Å². The van der Waals surface area contributed by atoms with Crippen molar-refractivity contribution in [1.82, 2.24) is 10.2 Å². The molecule has 3 amide bonds. The Kier molecular flexibility index (Phi) is 9.05. The molecule has 182 valence electrons. The fraction of sp³-hybridized carbons (Fsp3) is 0.560. The second kappa shape index (κ2) is 11.3. The molecule has 2 rings (SSSR count). The summed E-state index contributed by atoms with van der Waals surface area (Å²) in [6, 6.07) is 6.17. The Morgan fingerprint density at radius 3 is 2.39 bits per heavy atom. The van der Waals surface area contributed by atoms with Gasteiger partial charge in [-0.2, -0.15) is 0 Å². The van der Waals surface area contributed by atoms with Crippen LogP contribution in [0.4, 0.5) is 10.5 Å². The molecule has 0 saturated heterocycles. The Labute approximate surface area is 196 Å². The molecule has 2 unspecified atom stereocenters. The van der Waals surface area contributed by atoms with Gasteiger partial charge in [-0.25, -0.2) is 9.59 Å². The van der Waals surface area contributed by atoms with Crippen molar-refractivity contribution in [3.63, 3.8) is 0 Å². The number of hydrogen-bond acceptors (Lipinski definition) is 5. The zero-order chi connectivity index (χ0) is 24.8. The first-order chi connectivity index (χ1) is 15.4. The van der Waals surface area contributed by atoms with E-state index in [1.54, 1.807) is 38.2 Å². The van der Waals surface area contributed by atoms with E-state index in [0.29, 0.717) is 28.9 Å². The summed E-state index contributed by atoms with van der Waals surface area (Å²) in [5, 5.41) is 5.78. The number of amides is 3. The molecule has 8 heteroatoms. The summed E-state index contributed by atoms with van der Waals surface area (Å²) in [4.78, 5) is 39.0. The van der Waals surface area contributed by atoms with Gasteiger partial charge in [0.15, 0.2) is 0 Å². The van der Waals surface area contributed by atoms with Gasteiger partial charge in [-0.3, -0.25) is 4.79 Å². The van der Waals surface area contributed by atoms with E-state index in [0.717, 1.165) is 6.42 Å². The normalized spacial score (nSPS) is 17.5. The van der Waals surface area contributed by atoms with Gasteiger partial charge in [0.25, 0.3) is 0 Å². The second-order valence-electron chi connectivity index (χ2n) is 9.81. The van der Waals surface area contributed by atoms with Gasteiger partial charge < -0.3 is 25.0 Å². The number of hydrogen-bond donors (Lipinski definition) is 2. The largest absolute Gasteiger partial charge is 0.460 e. The average Bonchev–Trinajstić information content (AvgIpc) is 2.70. The molecule has 0 fully saturated rings. The number of carbonyl (C=O) groups excluding carboxylic acids is 3. The van der Waals surface area contributed by atoms with E-state index in [1.807, 2.05) is 0 Å². The molecule has 0 aliphatic carbocycles. The molecule has 33 heavy (non-hydrogen) atoms. The van der Waals surface area contributed by atoms with Crippen molar-refractivity contribution >= 4 is 23.6 Å². The predicted molar refractivity (Wildman–Crippen MR) is 127 cm³/mol. The molecule has 0 aromatic heterocycles. The van der Waals surface area contributed by atoms with Gasteiger partial charge in [-0.05, 0) is 42.4 Å². The first-order valence-corrected chi connectivity index (χ1v) is 11.2. The van der Waals surface area contributed by atoms with Crippen molar-refractivity contribution in [1.29, 1.82) is 0 Å². The topological polar surface area (TPSA) is 97.0 Å². The van der Waals surface area contributed by atoms with Crippen molar-refractivity contribution in [2.24, 2.45) is 11.3 Å². The zero-order valence-corrected chi connectivity index (χ0v) is 20.8. The summed E-state index contributed by atoms with van der Waals surface area (Å²) >= 11 is 0. The van der Waals surface area contributed by atoms with Crippen molar-refractivity contribution < 1.29 is 23.9 Å². The second-order valence-corrected chi connectivity index (χ2v) is 9.81. The van der Waals surface area contributed by atoms with E-state index < -0.39 is 12.0 Å². The van der Waals surface area contributed by atoms with Crippen molar-refractivity contribution in [3.05, 3.63) is 41.1 Å².